The predicted molar refractivity (Wildman–Crippen MR) is 126 cm³/mol. The Hall–Kier alpha value is -0.456. The topological polar surface area (TPSA) is 0 Å². The Kier molecular flexibility index (Phi) is 15.4. The maximum atomic E-state index is 2.44. The third kappa shape index (κ3) is 10.9. The summed E-state index contributed by atoms with van der Waals surface area (Å²) in [5.74, 6) is 0. The Morgan fingerprint density at radius 2 is 1.00 bits per heavy atom. The maximum absolute atomic E-state index is 2.44. The quantitative estimate of drug-likeness (QED) is 0.217. The largest absolute Gasteiger partial charge is 4.00 e. The van der Waals surface area contributed by atoms with Gasteiger partial charge in [0.05, 0.1) is 0 Å². The van der Waals surface area contributed by atoms with Gasteiger partial charge < -0.3 is 24.8 Å². The van der Waals surface area contributed by atoms with E-state index in [0.29, 0.717) is 9.04 Å². The van der Waals surface area contributed by atoms with Crippen LogP contribution < -0.4 is 24.8 Å². The minimum absolute atomic E-state index is 0. The van der Waals surface area contributed by atoms with Crippen molar-refractivity contribution in [1.29, 1.82) is 0 Å². The predicted octanol–water partition coefficient (Wildman–Crippen LogP) is 0.778. The SMILES string of the molecule is C[SiH2][Si](C)(C)C.Cc1cc2ccccc2[cH-]1.Cc1cc2ccccc2[cH-]1.[Cl-].[Cl-].[Hf+4]. The van der Waals surface area contributed by atoms with E-state index in [1.807, 2.05) is 0 Å². The minimum atomic E-state index is -0.492. The van der Waals surface area contributed by atoms with E-state index in [1.165, 1.54) is 32.7 Å². The molecule has 0 aromatic heterocycles. The minimum Gasteiger partial charge on any atom is -1.00 e. The molecule has 0 atom stereocenters. The smallest absolute Gasteiger partial charge is 1.00 e. The molecule has 5 heteroatoms. The number of hydrogen-bond acceptors (Lipinski definition) is 0. The van der Waals surface area contributed by atoms with E-state index < -0.39 is 7.59 Å². The summed E-state index contributed by atoms with van der Waals surface area (Å²) >= 11 is 0. The molecule has 0 radical (unpaired) electrons. The van der Waals surface area contributed by atoms with Crippen molar-refractivity contribution in [3.05, 3.63) is 83.9 Å². The molecule has 0 saturated carbocycles. The molecule has 0 heterocycles. The van der Waals surface area contributed by atoms with Crippen LogP contribution in [-0.2, 0) is 25.8 Å². The fourth-order valence-corrected chi connectivity index (χ4v) is 2.61. The van der Waals surface area contributed by atoms with E-state index >= 15 is 0 Å². The molecule has 154 valence electrons. The normalized spacial score (nSPS) is 10.1. The van der Waals surface area contributed by atoms with Gasteiger partial charge in [-0.15, -0.1) is 81.2 Å². The van der Waals surface area contributed by atoms with Gasteiger partial charge in [-0.25, -0.2) is 0 Å². The summed E-state index contributed by atoms with van der Waals surface area (Å²) in [4.78, 5) is 0. The van der Waals surface area contributed by atoms with Gasteiger partial charge in [-0.3, -0.25) is 0 Å². The van der Waals surface area contributed by atoms with E-state index in [1.54, 1.807) is 0 Å². The van der Waals surface area contributed by atoms with E-state index in [2.05, 4.69) is 113 Å². The standard InChI is InChI=1S/2C10H9.C4H14Si2.2ClH.Hf/c2*1-8-6-9-4-2-3-5-10(9)7-8;1-5-6(2,3)4;;;/h2*2-7H,1H3;5H2,1-4H3;2*1H;/q2*-1;;;;+4/p-2. The fraction of sp³-hybridized carbons (Fsp3) is 0.250. The summed E-state index contributed by atoms with van der Waals surface area (Å²) in [7, 11) is -0.101. The van der Waals surface area contributed by atoms with Gasteiger partial charge in [0.25, 0.3) is 0 Å². The molecule has 4 aromatic carbocycles. The van der Waals surface area contributed by atoms with Crippen LogP contribution in [0.1, 0.15) is 11.1 Å². The van der Waals surface area contributed by atoms with Gasteiger partial charge in [0.15, 0.2) is 0 Å². The summed E-state index contributed by atoms with van der Waals surface area (Å²) in [6.45, 7) is 14.0. The zero-order chi connectivity index (χ0) is 19.2. The van der Waals surface area contributed by atoms with Crippen LogP contribution in [0.15, 0.2) is 72.8 Å². The van der Waals surface area contributed by atoms with E-state index in [-0.39, 0.29) is 50.7 Å². The van der Waals surface area contributed by atoms with Crippen LogP contribution in [0.25, 0.3) is 21.5 Å². The van der Waals surface area contributed by atoms with Crippen LogP contribution in [0.5, 0.6) is 0 Å². The third-order valence-electron chi connectivity index (χ3n) is 4.59. The second-order valence-corrected chi connectivity index (χ2v) is 22.6. The van der Waals surface area contributed by atoms with Crippen molar-refractivity contribution in [3.63, 3.8) is 0 Å². The Balaban J connectivity index is 0. The monoisotopic (exact) mass is 626 g/mol. The van der Waals surface area contributed by atoms with Crippen LogP contribution in [0.2, 0.25) is 26.2 Å². The molecule has 0 bridgehead atoms. The van der Waals surface area contributed by atoms with Crippen LogP contribution in [0, 0.1) is 13.8 Å². The first-order valence-corrected chi connectivity index (χ1v) is 16.8. The number of fused-ring (bicyclic) bond motifs is 2. The number of aryl methyl sites for hydroxylation is 2. The van der Waals surface area contributed by atoms with Crippen molar-refractivity contribution in [2.24, 2.45) is 0 Å². The first-order chi connectivity index (χ1) is 12.3. The molecular weight excluding hydrogens is 594 g/mol. The number of benzene rings is 2. The second kappa shape index (κ2) is 14.5. The van der Waals surface area contributed by atoms with Gasteiger partial charge in [-0.1, -0.05) is 52.2 Å². The zero-order valence-electron chi connectivity index (χ0n) is 18.4. The van der Waals surface area contributed by atoms with Crippen molar-refractivity contribution in [1.82, 2.24) is 0 Å². The molecule has 0 unspecified atom stereocenters. The molecule has 4 aromatic rings. The molecule has 0 fully saturated rings. The molecule has 0 nitrogen and oxygen atoms in total. The van der Waals surface area contributed by atoms with Crippen LogP contribution >= 0.6 is 0 Å². The summed E-state index contributed by atoms with van der Waals surface area (Å²) in [5.41, 5.74) is 2.70. The van der Waals surface area contributed by atoms with Crippen molar-refractivity contribution in [2.45, 2.75) is 40.0 Å². The number of halogens is 2. The van der Waals surface area contributed by atoms with Crippen LogP contribution in [-0.4, -0.2) is 16.6 Å². The summed E-state index contributed by atoms with van der Waals surface area (Å²) in [6.07, 6.45) is 0. The Bertz CT molecular complexity index is 814. The molecule has 0 N–H and O–H groups in total. The van der Waals surface area contributed by atoms with Crippen molar-refractivity contribution in [2.75, 3.05) is 0 Å². The van der Waals surface area contributed by atoms with Crippen molar-refractivity contribution in [3.8, 4) is 0 Å². The number of hydrogen-bond donors (Lipinski definition) is 0. The van der Waals surface area contributed by atoms with Crippen LogP contribution in [0.4, 0.5) is 0 Å². The fourth-order valence-electron chi connectivity index (χ4n) is 2.61. The van der Waals surface area contributed by atoms with Gasteiger partial charge in [0, 0.05) is 16.6 Å². The van der Waals surface area contributed by atoms with Crippen molar-refractivity contribution >= 4 is 38.2 Å². The summed E-state index contributed by atoms with van der Waals surface area (Å²) in [5, 5.41) is 5.39. The molecule has 0 saturated heterocycles. The van der Waals surface area contributed by atoms with Gasteiger partial charge in [-0.05, 0) is 0 Å². The zero-order valence-corrected chi connectivity index (χ0v) is 25.9. The number of rotatable bonds is 1. The van der Waals surface area contributed by atoms with Gasteiger partial charge >= 0.3 is 25.8 Å². The van der Waals surface area contributed by atoms with E-state index in [0.717, 1.165) is 0 Å². The summed E-state index contributed by atoms with van der Waals surface area (Å²) in [6, 6.07) is 25.7. The Morgan fingerprint density at radius 1 is 0.690 bits per heavy atom. The van der Waals surface area contributed by atoms with Crippen molar-refractivity contribution < 1.29 is 50.7 Å². The molecule has 0 spiro atoms. The molecule has 0 aliphatic rings. The van der Waals surface area contributed by atoms with Crippen LogP contribution in [0.3, 0.4) is 0 Å². The Morgan fingerprint density at radius 3 is 1.28 bits per heavy atom. The average molecular weight is 626 g/mol. The van der Waals surface area contributed by atoms with Gasteiger partial charge in [0.1, 0.15) is 0 Å². The molecule has 29 heavy (non-hydrogen) atoms. The third-order valence-corrected chi connectivity index (χ3v) is 13.1. The molecule has 0 aliphatic carbocycles. The molecule has 4 rings (SSSR count). The summed E-state index contributed by atoms with van der Waals surface area (Å²) < 4.78 is 0. The van der Waals surface area contributed by atoms with E-state index in [9.17, 15) is 0 Å². The first-order valence-electron chi connectivity index (χ1n) is 9.52. The van der Waals surface area contributed by atoms with Gasteiger partial charge in [-0.2, -0.15) is 12.1 Å². The maximum Gasteiger partial charge on any atom is 4.00 e. The average Bonchev–Trinajstić information content (AvgIpc) is 3.15. The molecule has 0 aliphatic heterocycles. The first kappa shape index (κ1) is 30.7. The Labute approximate surface area is 211 Å². The van der Waals surface area contributed by atoms with E-state index in [4.69, 9.17) is 0 Å². The molecule has 0 amide bonds. The second-order valence-electron chi connectivity index (χ2n) is 8.24. The molecular formula is C24H32Cl2HfSi2. The van der Waals surface area contributed by atoms with Gasteiger partial charge in [0.2, 0.25) is 0 Å².